The van der Waals surface area contributed by atoms with Gasteiger partial charge >= 0.3 is 5.97 Å². The lowest BCUT2D eigenvalue weighted by Crippen LogP contribution is -2.36. The zero-order valence-corrected chi connectivity index (χ0v) is 23.4. The van der Waals surface area contributed by atoms with Crippen LogP contribution in [0.25, 0.3) is 11.1 Å². The highest BCUT2D eigenvalue weighted by molar-refractivity contribution is 14.1. The summed E-state index contributed by atoms with van der Waals surface area (Å²) in [5, 5.41) is 8.41. The molecule has 2 aromatic carbocycles. The van der Waals surface area contributed by atoms with Crippen LogP contribution in [0.3, 0.4) is 0 Å². The molecule has 2 aliphatic rings. The van der Waals surface area contributed by atoms with Crippen molar-refractivity contribution in [2.24, 2.45) is 0 Å². The SMILES string of the molecule is COC(=O)c1ccc(-c2c(C3Cc4c(C)cccc4C(=O)N3)nn(C3CCCCO3)c2CCCI)cc1. The Kier molecular flexibility index (Phi) is 7.95. The van der Waals surface area contributed by atoms with E-state index in [-0.39, 0.29) is 24.1 Å². The molecule has 1 N–H and O–H groups in total. The summed E-state index contributed by atoms with van der Waals surface area (Å²) in [5.74, 6) is -0.436. The summed E-state index contributed by atoms with van der Waals surface area (Å²) in [5.41, 5.74) is 7.39. The van der Waals surface area contributed by atoms with Crippen LogP contribution in [-0.2, 0) is 22.3 Å². The quantitative estimate of drug-likeness (QED) is 0.209. The Morgan fingerprint density at radius 3 is 2.73 bits per heavy atom. The van der Waals surface area contributed by atoms with Crippen LogP contribution in [0.1, 0.15) is 81.2 Å². The predicted molar refractivity (Wildman–Crippen MR) is 150 cm³/mol. The number of fused-ring (bicyclic) bond motifs is 1. The van der Waals surface area contributed by atoms with Gasteiger partial charge in [0.05, 0.1) is 24.4 Å². The normalized spacial score (nSPS) is 19.3. The van der Waals surface area contributed by atoms with Crippen molar-refractivity contribution in [1.82, 2.24) is 15.1 Å². The van der Waals surface area contributed by atoms with Crippen molar-refractivity contribution in [3.63, 3.8) is 0 Å². The Bertz CT molecular complexity index is 1300. The zero-order chi connectivity index (χ0) is 25.9. The number of aryl methyl sites for hydroxylation is 1. The van der Waals surface area contributed by atoms with Gasteiger partial charge in [0.2, 0.25) is 0 Å². The number of carbonyl (C=O) groups excluding carboxylic acids is 2. The maximum Gasteiger partial charge on any atom is 0.337 e. The number of rotatable bonds is 7. The lowest BCUT2D eigenvalue weighted by molar-refractivity contribution is -0.0413. The fraction of sp³-hybridized carbons (Fsp3) is 0.414. The largest absolute Gasteiger partial charge is 0.465 e. The number of halogens is 1. The molecule has 3 aromatic rings. The van der Waals surface area contributed by atoms with Gasteiger partial charge in [0.1, 0.15) is 6.23 Å². The molecule has 3 heterocycles. The second kappa shape index (κ2) is 11.3. The number of nitrogens with one attached hydrogen (secondary N) is 1. The van der Waals surface area contributed by atoms with E-state index in [4.69, 9.17) is 14.6 Å². The van der Waals surface area contributed by atoms with Crippen LogP contribution in [0.2, 0.25) is 0 Å². The number of hydrogen-bond donors (Lipinski definition) is 1. The van der Waals surface area contributed by atoms with E-state index in [0.717, 1.165) is 82.3 Å². The number of esters is 1. The second-order valence-electron chi connectivity index (χ2n) is 9.67. The highest BCUT2D eigenvalue weighted by Gasteiger charge is 2.33. The zero-order valence-electron chi connectivity index (χ0n) is 21.3. The van der Waals surface area contributed by atoms with E-state index >= 15 is 0 Å². The molecule has 0 spiro atoms. The minimum absolute atomic E-state index is 0.0702. The molecule has 5 rings (SSSR count). The first-order valence-corrected chi connectivity index (χ1v) is 14.4. The van der Waals surface area contributed by atoms with Gasteiger partial charge in [-0.1, -0.05) is 46.9 Å². The number of alkyl halides is 1. The Balaban J connectivity index is 1.65. The van der Waals surface area contributed by atoms with Crippen LogP contribution in [0.5, 0.6) is 0 Å². The molecular weight excluding hydrogens is 581 g/mol. The van der Waals surface area contributed by atoms with Crippen molar-refractivity contribution in [1.29, 1.82) is 0 Å². The third-order valence-corrected chi connectivity index (χ3v) is 8.07. The Morgan fingerprint density at radius 2 is 2.03 bits per heavy atom. The molecule has 2 aliphatic heterocycles. The molecule has 0 saturated carbocycles. The first-order valence-electron chi connectivity index (χ1n) is 12.9. The number of ether oxygens (including phenoxy) is 2. The fourth-order valence-corrected chi connectivity index (χ4v) is 5.79. The molecule has 0 aliphatic carbocycles. The smallest absolute Gasteiger partial charge is 0.337 e. The summed E-state index contributed by atoms with van der Waals surface area (Å²) >= 11 is 2.41. The summed E-state index contributed by atoms with van der Waals surface area (Å²) in [6, 6.07) is 13.1. The minimum Gasteiger partial charge on any atom is -0.465 e. The standard InChI is InChI=1S/C29H32IN3O4/c1-18-7-5-8-21-22(18)17-23(31-28(21)34)27-26(19-11-13-20(14-12-19)29(35)36-2)24(9-6-15-30)33(32-27)25-10-3-4-16-37-25/h5,7-8,11-14,23,25H,3-4,6,9-10,15-17H2,1-2H3,(H,31,34). The van der Waals surface area contributed by atoms with E-state index in [0.29, 0.717) is 12.0 Å². The van der Waals surface area contributed by atoms with Gasteiger partial charge in [-0.3, -0.25) is 4.79 Å². The summed E-state index contributed by atoms with van der Waals surface area (Å²) < 4.78 is 14.2. The molecule has 1 fully saturated rings. The van der Waals surface area contributed by atoms with E-state index in [2.05, 4.69) is 45.6 Å². The number of methoxy groups -OCH3 is 1. The van der Waals surface area contributed by atoms with Crippen LogP contribution in [0.15, 0.2) is 42.5 Å². The van der Waals surface area contributed by atoms with Crippen LogP contribution in [-0.4, -0.2) is 39.8 Å². The highest BCUT2D eigenvalue weighted by Crippen LogP contribution is 2.39. The van der Waals surface area contributed by atoms with Gasteiger partial charge in [0, 0.05) is 23.4 Å². The Labute approximate surface area is 231 Å². The van der Waals surface area contributed by atoms with Gasteiger partial charge in [-0.15, -0.1) is 0 Å². The van der Waals surface area contributed by atoms with Gasteiger partial charge < -0.3 is 14.8 Å². The number of hydrogen-bond acceptors (Lipinski definition) is 5. The van der Waals surface area contributed by atoms with Crippen LogP contribution in [0.4, 0.5) is 0 Å². The average molecular weight is 613 g/mol. The van der Waals surface area contributed by atoms with Crippen molar-refractivity contribution in [3.8, 4) is 11.1 Å². The lowest BCUT2D eigenvalue weighted by Gasteiger charge is -2.27. The first kappa shape index (κ1) is 25.9. The molecule has 0 bridgehead atoms. The molecule has 2 unspecified atom stereocenters. The Morgan fingerprint density at radius 1 is 1.22 bits per heavy atom. The van der Waals surface area contributed by atoms with Crippen molar-refractivity contribution in [2.45, 2.75) is 57.7 Å². The van der Waals surface area contributed by atoms with E-state index in [1.807, 2.05) is 24.3 Å². The molecule has 2 atom stereocenters. The van der Waals surface area contributed by atoms with E-state index < -0.39 is 0 Å². The van der Waals surface area contributed by atoms with Crippen molar-refractivity contribution < 1.29 is 19.1 Å². The number of amides is 1. The van der Waals surface area contributed by atoms with Crippen molar-refractivity contribution in [3.05, 3.63) is 76.1 Å². The van der Waals surface area contributed by atoms with E-state index in [1.54, 1.807) is 12.1 Å². The van der Waals surface area contributed by atoms with Gasteiger partial charge in [0.15, 0.2) is 0 Å². The predicted octanol–water partition coefficient (Wildman–Crippen LogP) is 5.74. The molecule has 0 radical (unpaired) electrons. The minimum atomic E-state index is -0.366. The van der Waals surface area contributed by atoms with Gasteiger partial charge in [-0.2, -0.15) is 5.10 Å². The van der Waals surface area contributed by atoms with Gasteiger partial charge in [-0.25, -0.2) is 9.48 Å². The summed E-state index contributed by atoms with van der Waals surface area (Å²) in [4.78, 5) is 25.2. The third kappa shape index (κ3) is 5.18. The van der Waals surface area contributed by atoms with Gasteiger partial charge in [-0.05, 0) is 84.8 Å². The molecule has 37 heavy (non-hydrogen) atoms. The Hall–Kier alpha value is -2.72. The van der Waals surface area contributed by atoms with E-state index in [9.17, 15) is 9.59 Å². The third-order valence-electron chi connectivity index (χ3n) is 7.31. The van der Waals surface area contributed by atoms with Crippen molar-refractivity contribution >= 4 is 34.5 Å². The molecule has 1 saturated heterocycles. The summed E-state index contributed by atoms with van der Waals surface area (Å²) in [6.45, 7) is 2.78. The number of carbonyl (C=O) groups is 2. The molecular formula is C29H32IN3O4. The summed E-state index contributed by atoms with van der Waals surface area (Å²) in [7, 11) is 1.39. The van der Waals surface area contributed by atoms with Crippen LogP contribution >= 0.6 is 22.6 Å². The summed E-state index contributed by atoms with van der Waals surface area (Å²) in [6.07, 6.45) is 5.48. The lowest BCUT2D eigenvalue weighted by atomic mass is 9.87. The monoisotopic (exact) mass is 613 g/mol. The number of benzene rings is 2. The molecule has 1 aromatic heterocycles. The average Bonchev–Trinajstić information content (AvgIpc) is 3.32. The van der Waals surface area contributed by atoms with E-state index in [1.165, 1.54) is 7.11 Å². The number of nitrogens with zero attached hydrogens (tertiary/aromatic N) is 2. The topological polar surface area (TPSA) is 82.5 Å². The fourth-order valence-electron chi connectivity index (χ4n) is 5.41. The van der Waals surface area contributed by atoms with Crippen LogP contribution < -0.4 is 5.32 Å². The highest BCUT2D eigenvalue weighted by atomic mass is 127. The molecule has 1 amide bonds. The maximum atomic E-state index is 13.2. The first-order chi connectivity index (χ1) is 18.0. The number of aromatic nitrogens is 2. The van der Waals surface area contributed by atoms with Gasteiger partial charge in [0.25, 0.3) is 5.91 Å². The van der Waals surface area contributed by atoms with Crippen molar-refractivity contribution in [2.75, 3.05) is 18.1 Å². The second-order valence-corrected chi connectivity index (χ2v) is 10.7. The molecule has 7 nitrogen and oxygen atoms in total. The van der Waals surface area contributed by atoms with Crippen LogP contribution in [0, 0.1) is 6.92 Å². The maximum absolute atomic E-state index is 13.2. The molecule has 194 valence electrons. The molecule has 8 heteroatoms.